The van der Waals surface area contributed by atoms with Crippen LogP contribution in [0.4, 0.5) is 0 Å². The van der Waals surface area contributed by atoms with Crippen molar-refractivity contribution in [1.29, 1.82) is 0 Å². The maximum Gasteiger partial charge on any atom is 0.336 e. The van der Waals surface area contributed by atoms with Crippen molar-refractivity contribution < 1.29 is 19.4 Å². The zero-order chi connectivity index (χ0) is 11.0. The second-order valence-electron chi connectivity index (χ2n) is 3.56. The summed E-state index contributed by atoms with van der Waals surface area (Å²) in [7, 11) is 1.54. The molecule has 0 spiro atoms. The molecule has 1 N–H and O–H groups in total. The summed E-state index contributed by atoms with van der Waals surface area (Å²) < 4.78 is 10.7. The first-order valence-corrected chi connectivity index (χ1v) is 4.73. The van der Waals surface area contributed by atoms with Gasteiger partial charge >= 0.3 is 5.97 Å². The van der Waals surface area contributed by atoms with Crippen LogP contribution >= 0.6 is 0 Å². The standard InChI is InChI=1S/C11H12O4/c1-6-5-8-7(11(12)13)3-4-9(14-2)10(8)15-6/h3-4,6H,5H2,1-2H3,(H,12,13). The molecule has 80 valence electrons. The Morgan fingerprint density at radius 2 is 2.33 bits per heavy atom. The van der Waals surface area contributed by atoms with Gasteiger partial charge in [0.25, 0.3) is 0 Å². The third kappa shape index (κ3) is 1.52. The molecule has 1 aromatic rings. The van der Waals surface area contributed by atoms with Crippen LogP contribution in [0.25, 0.3) is 0 Å². The minimum absolute atomic E-state index is 0.00870. The highest BCUT2D eigenvalue weighted by atomic mass is 16.5. The van der Waals surface area contributed by atoms with E-state index in [2.05, 4.69) is 0 Å². The molecule has 0 saturated heterocycles. The number of carboxylic acid groups (broad SMARTS) is 1. The van der Waals surface area contributed by atoms with Crippen molar-refractivity contribution in [3.8, 4) is 11.5 Å². The van der Waals surface area contributed by atoms with E-state index in [9.17, 15) is 4.79 Å². The molecule has 1 heterocycles. The molecule has 4 nitrogen and oxygen atoms in total. The van der Waals surface area contributed by atoms with Crippen molar-refractivity contribution in [3.63, 3.8) is 0 Å². The van der Waals surface area contributed by atoms with Crippen LogP contribution in [0.5, 0.6) is 11.5 Å². The van der Waals surface area contributed by atoms with E-state index in [0.29, 0.717) is 23.5 Å². The number of methoxy groups -OCH3 is 1. The number of carbonyl (C=O) groups is 1. The molecule has 0 radical (unpaired) electrons. The fourth-order valence-electron chi connectivity index (χ4n) is 1.83. The molecular formula is C11H12O4. The minimum atomic E-state index is -0.924. The predicted molar refractivity (Wildman–Crippen MR) is 53.7 cm³/mol. The van der Waals surface area contributed by atoms with Crippen LogP contribution < -0.4 is 9.47 Å². The number of hydrogen-bond acceptors (Lipinski definition) is 3. The highest BCUT2D eigenvalue weighted by Gasteiger charge is 2.27. The summed E-state index contributed by atoms with van der Waals surface area (Å²) in [5.74, 6) is 0.246. The van der Waals surface area contributed by atoms with Crippen molar-refractivity contribution >= 4 is 5.97 Å². The van der Waals surface area contributed by atoms with Crippen molar-refractivity contribution in [2.45, 2.75) is 19.4 Å². The summed E-state index contributed by atoms with van der Waals surface area (Å²) in [4.78, 5) is 11.0. The molecule has 4 heteroatoms. The van der Waals surface area contributed by atoms with Crippen LogP contribution in [0.2, 0.25) is 0 Å². The lowest BCUT2D eigenvalue weighted by molar-refractivity contribution is 0.0696. The Labute approximate surface area is 87.4 Å². The molecule has 15 heavy (non-hydrogen) atoms. The van der Waals surface area contributed by atoms with Gasteiger partial charge in [0.15, 0.2) is 11.5 Å². The van der Waals surface area contributed by atoms with E-state index < -0.39 is 5.97 Å². The summed E-state index contributed by atoms with van der Waals surface area (Å²) in [6.07, 6.45) is 0.628. The van der Waals surface area contributed by atoms with Gasteiger partial charge in [-0.3, -0.25) is 0 Å². The van der Waals surface area contributed by atoms with Crippen LogP contribution in [-0.4, -0.2) is 24.3 Å². The van der Waals surface area contributed by atoms with E-state index >= 15 is 0 Å². The summed E-state index contributed by atoms with van der Waals surface area (Å²) in [6, 6.07) is 3.18. The molecule has 1 atom stereocenters. The number of aromatic carboxylic acids is 1. The number of carboxylic acids is 1. The first-order chi connectivity index (χ1) is 7.13. The Morgan fingerprint density at radius 1 is 1.60 bits per heavy atom. The van der Waals surface area contributed by atoms with E-state index in [1.54, 1.807) is 19.2 Å². The van der Waals surface area contributed by atoms with Crippen molar-refractivity contribution in [1.82, 2.24) is 0 Å². The third-order valence-corrected chi connectivity index (χ3v) is 2.49. The van der Waals surface area contributed by atoms with E-state index in [4.69, 9.17) is 14.6 Å². The molecule has 2 rings (SSSR count). The minimum Gasteiger partial charge on any atom is -0.493 e. The zero-order valence-electron chi connectivity index (χ0n) is 8.61. The first kappa shape index (κ1) is 9.83. The van der Waals surface area contributed by atoms with E-state index in [0.717, 1.165) is 5.56 Å². The average Bonchev–Trinajstić information content (AvgIpc) is 2.56. The molecule has 0 saturated carbocycles. The maximum atomic E-state index is 11.0. The van der Waals surface area contributed by atoms with Gasteiger partial charge in [-0.05, 0) is 19.1 Å². The maximum absolute atomic E-state index is 11.0. The normalized spacial score (nSPS) is 18.1. The molecule has 0 aliphatic carbocycles. The SMILES string of the molecule is COc1ccc(C(=O)O)c2c1OC(C)C2. The van der Waals surface area contributed by atoms with Crippen molar-refractivity contribution in [2.24, 2.45) is 0 Å². The lowest BCUT2D eigenvalue weighted by Gasteiger charge is -2.08. The zero-order valence-corrected chi connectivity index (χ0v) is 8.61. The first-order valence-electron chi connectivity index (χ1n) is 4.73. The fourth-order valence-corrected chi connectivity index (χ4v) is 1.83. The molecule has 0 fully saturated rings. The molecule has 1 aliphatic heterocycles. The topological polar surface area (TPSA) is 55.8 Å². The quantitative estimate of drug-likeness (QED) is 0.803. The number of rotatable bonds is 2. The average molecular weight is 208 g/mol. The molecule has 0 bridgehead atoms. The lowest BCUT2D eigenvalue weighted by atomic mass is 10.0. The summed E-state index contributed by atoms with van der Waals surface area (Å²) >= 11 is 0. The molecule has 0 amide bonds. The summed E-state index contributed by atoms with van der Waals surface area (Å²) in [5.41, 5.74) is 1.03. The van der Waals surface area contributed by atoms with Gasteiger partial charge in [-0.15, -0.1) is 0 Å². The van der Waals surface area contributed by atoms with Gasteiger partial charge in [0.1, 0.15) is 6.10 Å². The van der Waals surface area contributed by atoms with Gasteiger partial charge in [-0.25, -0.2) is 4.79 Å². The Kier molecular flexibility index (Phi) is 2.26. The predicted octanol–water partition coefficient (Wildman–Crippen LogP) is 1.72. The molecule has 1 unspecified atom stereocenters. The van der Waals surface area contributed by atoms with Crippen LogP contribution in [0.1, 0.15) is 22.8 Å². The Bertz CT molecular complexity index is 411. The van der Waals surface area contributed by atoms with E-state index in [-0.39, 0.29) is 6.10 Å². The van der Waals surface area contributed by atoms with Gasteiger partial charge < -0.3 is 14.6 Å². The monoisotopic (exact) mass is 208 g/mol. The number of fused-ring (bicyclic) bond motifs is 1. The number of hydrogen-bond donors (Lipinski definition) is 1. The Morgan fingerprint density at radius 3 is 2.93 bits per heavy atom. The molecular weight excluding hydrogens is 196 g/mol. The van der Waals surface area contributed by atoms with Gasteiger partial charge in [0.05, 0.1) is 12.7 Å². The lowest BCUT2D eigenvalue weighted by Crippen LogP contribution is -2.06. The largest absolute Gasteiger partial charge is 0.493 e. The molecule has 0 aromatic heterocycles. The van der Waals surface area contributed by atoms with Crippen molar-refractivity contribution in [3.05, 3.63) is 23.3 Å². The fraction of sp³-hybridized carbons (Fsp3) is 0.364. The van der Waals surface area contributed by atoms with E-state index in [1.165, 1.54) is 0 Å². The Balaban J connectivity index is 2.57. The summed E-state index contributed by atoms with van der Waals surface area (Å²) in [6.45, 7) is 1.91. The van der Waals surface area contributed by atoms with Crippen LogP contribution in [0, 0.1) is 0 Å². The molecule has 1 aliphatic rings. The van der Waals surface area contributed by atoms with Crippen LogP contribution in [0.3, 0.4) is 0 Å². The van der Waals surface area contributed by atoms with Crippen LogP contribution in [-0.2, 0) is 6.42 Å². The Hall–Kier alpha value is -1.71. The smallest absolute Gasteiger partial charge is 0.336 e. The van der Waals surface area contributed by atoms with Gasteiger partial charge in [-0.1, -0.05) is 0 Å². The highest BCUT2D eigenvalue weighted by Crippen LogP contribution is 2.39. The number of benzene rings is 1. The van der Waals surface area contributed by atoms with Gasteiger partial charge in [-0.2, -0.15) is 0 Å². The van der Waals surface area contributed by atoms with E-state index in [1.807, 2.05) is 6.92 Å². The number of ether oxygens (including phenoxy) is 2. The third-order valence-electron chi connectivity index (χ3n) is 2.49. The molecule has 1 aromatic carbocycles. The van der Waals surface area contributed by atoms with Gasteiger partial charge in [0, 0.05) is 12.0 Å². The highest BCUT2D eigenvalue weighted by molar-refractivity contribution is 5.91. The second kappa shape index (κ2) is 3.46. The van der Waals surface area contributed by atoms with Gasteiger partial charge in [0.2, 0.25) is 0 Å². The van der Waals surface area contributed by atoms with Crippen molar-refractivity contribution in [2.75, 3.05) is 7.11 Å². The van der Waals surface area contributed by atoms with Crippen LogP contribution in [0.15, 0.2) is 12.1 Å². The summed E-state index contributed by atoms with van der Waals surface area (Å²) in [5, 5.41) is 9.00. The second-order valence-corrected chi connectivity index (χ2v) is 3.56.